The molecule has 82 valence electrons. The van der Waals surface area contributed by atoms with E-state index in [0.29, 0.717) is 6.10 Å². The van der Waals surface area contributed by atoms with Crippen molar-refractivity contribution in [3.05, 3.63) is 29.3 Å². The molecule has 1 saturated heterocycles. The summed E-state index contributed by atoms with van der Waals surface area (Å²) >= 11 is 4.28. The maximum Gasteiger partial charge on any atom is 0.0830 e. The van der Waals surface area contributed by atoms with Crippen molar-refractivity contribution in [2.75, 3.05) is 5.75 Å². The van der Waals surface area contributed by atoms with Gasteiger partial charge in [0.05, 0.1) is 12.2 Å². The lowest BCUT2D eigenvalue weighted by Crippen LogP contribution is -2.08. The van der Waals surface area contributed by atoms with Crippen molar-refractivity contribution < 1.29 is 4.74 Å². The fourth-order valence-electron chi connectivity index (χ4n) is 1.98. The smallest absolute Gasteiger partial charge is 0.0830 e. The van der Waals surface area contributed by atoms with Gasteiger partial charge in [-0.05, 0) is 36.2 Å². The van der Waals surface area contributed by atoms with Crippen LogP contribution in [0.15, 0.2) is 18.2 Å². The number of hydrogen-bond donors (Lipinski definition) is 1. The second-order valence-electron chi connectivity index (χ2n) is 4.12. The summed E-state index contributed by atoms with van der Waals surface area (Å²) in [6.07, 6.45) is 2.89. The van der Waals surface area contributed by atoms with Gasteiger partial charge in [0.15, 0.2) is 0 Å². The first kappa shape index (κ1) is 11.4. The van der Waals surface area contributed by atoms with Gasteiger partial charge >= 0.3 is 0 Å². The highest BCUT2D eigenvalue weighted by Gasteiger charge is 2.25. The average molecular weight is 240 g/mol. The molecule has 0 radical (unpaired) electrons. The van der Waals surface area contributed by atoms with Gasteiger partial charge in [-0.25, -0.2) is 0 Å². The van der Waals surface area contributed by atoms with Crippen LogP contribution in [0.4, 0.5) is 0 Å². The molecule has 3 heteroatoms. The Bertz CT molecular complexity index is 353. The van der Waals surface area contributed by atoms with Crippen LogP contribution in [0.25, 0.3) is 0 Å². The van der Waals surface area contributed by atoms with Crippen molar-refractivity contribution in [2.24, 2.45) is 0 Å². The van der Waals surface area contributed by atoms with Crippen molar-refractivity contribution in [1.29, 1.82) is 0 Å². The lowest BCUT2D eigenvalue weighted by Gasteiger charge is -2.13. The van der Waals surface area contributed by atoms with Crippen LogP contribution in [-0.4, -0.2) is 11.9 Å². The zero-order chi connectivity index (χ0) is 10.8. The van der Waals surface area contributed by atoms with Crippen LogP contribution < -0.4 is 5.30 Å². The molecule has 15 heavy (non-hydrogen) atoms. The van der Waals surface area contributed by atoms with E-state index in [1.165, 1.54) is 16.4 Å². The van der Waals surface area contributed by atoms with Crippen LogP contribution >= 0.6 is 21.9 Å². The van der Waals surface area contributed by atoms with Crippen LogP contribution in [0.1, 0.15) is 30.1 Å². The normalized spacial score (nSPS) is 25.8. The van der Waals surface area contributed by atoms with Crippen LogP contribution in [0.2, 0.25) is 0 Å². The van der Waals surface area contributed by atoms with Crippen LogP contribution in [-0.2, 0) is 4.74 Å². The van der Waals surface area contributed by atoms with Crippen LogP contribution in [0.3, 0.4) is 0 Å². The highest BCUT2D eigenvalue weighted by Crippen LogP contribution is 2.33. The Morgan fingerprint density at radius 1 is 1.47 bits per heavy atom. The van der Waals surface area contributed by atoms with Crippen molar-refractivity contribution in [3.8, 4) is 0 Å². The molecule has 0 amide bonds. The number of thiol groups is 1. The van der Waals surface area contributed by atoms with Gasteiger partial charge in [0.2, 0.25) is 0 Å². The van der Waals surface area contributed by atoms with Gasteiger partial charge in [-0.15, -0.1) is 9.24 Å². The number of benzene rings is 1. The third-order valence-electron chi connectivity index (χ3n) is 2.98. The fourth-order valence-corrected chi connectivity index (χ4v) is 2.43. The van der Waals surface area contributed by atoms with E-state index in [1.807, 2.05) is 0 Å². The molecule has 0 aliphatic carbocycles. The average Bonchev–Trinajstić information content (AvgIpc) is 2.70. The van der Waals surface area contributed by atoms with Gasteiger partial charge in [0.25, 0.3) is 0 Å². The predicted octanol–water partition coefficient (Wildman–Crippen LogP) is 2.65. The van der Waals surface area contributed by atoms with E-state index in [9.17, 15) is 0 Å². The Labute approximate surface area is 99.2 Å². The van der Waals surface area contributed by atoms with Crippen LogP contribution in [0.5, 0.6) is 0 Å². The molecule has 1 aromatic rings. The first-order valence-corrected chi connectivity index (χ1v) is 6.54. The minimum atomic E-state index is 0.284. The molecular weight excluding hydrogens is 223 g/mol. The van der Waals surface area contributed by atoms with Crippen molar-refractivity contribution >= 4 is 27.2 Å². The predicted molar refractivity (Wildman–Crippen MR) is 71.2 cm³/mol. The largest absolute Gasteiger partial charge is 0.369 e. The Balaban J connectivity index is 2.13. The van der Waals surface area contributed by atoms with Gasteiger partial charge in [0, 0.05) is 5.75 Å². The van der Waals surface area contributed by atoms with Crippen molar-refractivity contribution in [1.82, 2.24) is 0 Å². The van der Waals surface area contributed by atoms with Gasteiger partial charge in [-0.3, -0.25) is 0 Å². The highest BCUT2D eigenvalue weighted by molar-refractivity contribution is 7.80. The molecular formula is C12H17OPS. The highest BCUT2D eigenvalue weighted by atomic mass is 32.1. The van der Waals surface area contributed by atoms with Gasteiger partial charge in [-0.2, -0.15) is 12.6 Å². The Morgan fingerprint density at radius 2 is 2.27 bits per heavy atom. The van der Waals surface area contributed by atoms with Crippen molar-refractivity contribution in [2.45, 2.75) is 32.0 Å². The summed E-state index contributed by atoms with van der Waals surface area (Å²) in [5.41, 5.74) is 2.62. The molecule has 1 aliphatic heterocycles. The lowest BCUT2D eigenvalue weighted by atomic mass is 10.0. The van der Waals surface area contributed by atoms with Crippen LogP contribution in [0, 0.1) is 6.92 Å². The summed E-state index contributed by atoms with van der Waals surface area (Å²) < 4.78 is 5.91. The third-order valence-corrected chi connectivity index (χ3v) is 4.03. The second-order valence-corrected chi connectivity index (χ2v) is 5.11. The summed E-state index contributed by atoms with van der Waals surface area (Å²) in [4.78, 5) is 0. The van der Waals surface area contributed by atoms with Gasteiger partial charge in [-0.1, -0.05) is 18.2 Å². The fraction of sp³-hybridized carbons (Fsp3) is 0.500. The molecule has 1 aromatic carbocycles. The second kappa shape index (κ2) is 4.86. The van der Waals surface area contributed by atoms with E-state index in [0.717, 1.165) is 18.6 Å². The number of ether oxygens (including phenoxy) is 1. The molecule has 1 nitrogen and oxygen atoms in total. The molecule has 1 aliphatic rings. The molecule has 3 unspecified atom stereocenters. The zero-order valence-electron chi connectivity index (χ0n) is 8.94. The van der Waals surface area contributed by atoms with E-state index in [4.69, 9.17) is 4.74 Å². The van der Waals surface area contributed by atoms with Crippen molar-refractivity contribution in [3.63, 3.8) is 0 Å². The molecule has 0 bridgehead atoms. The van der Waals surface area contributed by atoms with Gasteiger partial charge < -0.3 is 4.74 Å². The van der Waals surface area contributed by atoms with E-state index >= 15 is 0 Å². The number of hydrogen-bond acceptors (Lipinski definition) is 2. The summed E-state index contributed by atoms with van der Waals surface area (Å²) in [5.74, 6) is 0.831. The zero-order valence-corrected chi connectivity index (χ0v) is 11.0. The molecule has 3 atom stereocenters. The molecule has 0 N–H and O–H groups in total. The number of aryl methyl sites for hydroxylation is 1. The Hall–Kier alpha value is -0.0400. The molecule has 1 fully saturated rings. The first-order valence-electron chi connectivity index (χ1n) is 5.33. The molecule has 0 spiro atoms. The van der Waals surface area contributed by atoms with E-state index < -0.39 is 0 Å². The minimum Gasteiger partial charge on any atom is -0.369 e. The van der Waals surface area contributed by atoms with E-state index in [-0.39, 0.29) is 6.10 Å². The standard InChI is InChI=1S/C12H17OPS/c1-8-6-9(2-5-12(8)14)11-4-3-10(7-15)13-11/h2,5-6,10-11,15H,3-4,7,14H2,1H3. The molecule has 0 saturated carbocycles. The summed E-state index contributed by atoms with van der Waals surface area (Å²) in [5, 5.41) is 1.27. The topological polar surface area (TPSA) is 9.23 Å². The Kier molecular flexibility index (Phi) is 3.71. The summed E-state index contributed by atoms with van der Waals surface area (Å²) in [6, 6.07) is 6.54. The third kappa shape index (κ3) is 2.55. The summed E-state index contributed by atoms with van der Waals surface area (Å²) in [7, 11) is 2.75. The Morgan fingerprint density at radius 3 is 2.87 bits per heavy atom. The van der Waals surface area contributed by atoms with E-state index in [1.54, 1.807) is 0 Å². The maximum absolute atomic E-state index is 5.91. The quantitative estimate of drug-likeness (QED) is 0.617. The molecule has 0 aromatic heterocycles. The monoisotopic (exact) mass is 240 g/mol. The number of rotatable bonds is 2. The molecule has 2 rings (SSSR count). The minimum absolute atomic E-state index is 0.284. The summed E-state index contributed by atoms with van der Waals surface area (Å²) in [6.45, 7) is 2.14. The maximum atomic E-state index is 5.91. The van der Waals surface area contributed by atoms with Gasteiger partial charge in [0.1, 0.15) is 0 Å². The first-order chi connectivity index (χ1) is 7.20. The lowest BCUT2D eigenvalue weighted by molar-refractivity contribution is 0.0584. The van der Waals surface area contributed by atoms with E-state index in [2.05, 4.69) is 47.0 Å². The molecule has 1 heterocycles. The SMILES string of the molecule is Cc1cc(C2CCC(CS)O2)ccc1P.